The Morgan fingerprint density at radius 3 is 2.93 bits per heavy atom. The molecule has 0 saturated carbocycles. The van der Waals surface area contributed by atoms with Crippen molar-refractivity contribution in [3.63, 3.8) is 0 Å². The van der Waals surface area contributed by atoms with Gasteiger partial charge in [-0.25, -0.2) is 4.98 Å². The molecular weight excluding hydrogens is 374 g/mol. The molecule has 1 aliphatic heterocycles. The quantitative estimate of drug-likeness (QED) is 0.553. The second-order valence-corrected chi connectivity index (χ2v) is 8.07. The molecule has 4 aromatic rings. The van der Waals surface area contributed by atoms with E-state index in [1.165, 1.54) is 0 Å². The number of aromatic amines is 1. The maximum atomic E-state index is 13.2. The Bertz CT molecular complexity index is 1110. The third-order valence-corrected chi connectivity index (χ3v) is 5.80. The highest BCUT2D eigenvalue weighted by Crippen LogP contribution is 2.23. The molecule has 6 heteroatoms. The summed E-state index contributed by atoms with van der Waals surface area (Å²) < 4.78 is 1.87. The highest BCUT2D eigenvalue weighted by Gasteiger charge is 2.25. The highest BCUT2D eigenvalue weighted by molar-refractivity contribution is 5.94. The van der Waals surface area contributed by atoms with Crippen LogP contribution in [0.4, 0.5) is 0 Å². The van der Waals surface area contributed by atoms with Crippen molar-refractivity contribution >= 4 is 16.9 Å². The van der Waals surface area contributed by atoms with Gasteiger partial charge in [-0.15, -0.1) is 0 Å². The third kappa shape index (κ3) is 3.99. The summed E-state index contributed by atoms with van der Waals surface area (Å²) in [6.45, 7) is 2.26. The van der Waals surface area contributed by atoms with E-state index >= 15 is 0 Å². The molecule has 1 amide bonds. The molecule has 3 heterocycles. The number of para-hydroxylation sites is 2. The number of fused-ring (bicyclic) bond motifs is 1. The molecule has 0 bridgehead atoms. The number of likely N-dealkylation sites (tertiary alicyclic amines) is 1. The molecule has 6 nitrogen and oxygen atoms in total. The number of benzene rings is 2. The lowest BCUT2D eigenvalue weighted by molar-refractivity contribution is 0.0672. The second kappa shape index (κ2) is 8.14. The number of hydrogen-bond acceptors (Lipinski definition) is 3. The minimum Gasteiger partial charge on any atom is -0.342 e. The van der Waals surface area contributed by atoms with Gasteiger partial charge in [0.25, 0.3) is 5.91 Å². The fraction of sp³-hybridized carbons (Fsp3) is 0.292. The van der Waals surface area contributed by atoms with Gasteiger partial charge in [0.15, 0.2) is 0 Å². The van der Waals surface area contributed by atoms with Crippen molar-refractivity contribution in [2.75, 3.05) is 13.1 Å². The van der Waals surface area contributed by atoms with Gasteiger partial charge in [0.2, 0.25) is 0 Å². The monoisotopic (exact) mass is 399 g/mol. The van der Waals surface area contributed by atoms with Crippen LogP contribution in [0.3, 0.4) is 0 Å². The number of rotatable bonds is 5. The molecule has 1 fully saturated rings. The van der Waals surface area contributed by atoms with Crippen LogP contribution in [0.15, 0.2) is 67.0 Å². The van der Waals surface area contributed by atoms with Gasteiger partial charge in [0, 0.05) is 37.5 Å². The molecule has 30 heavy (non-hydrogen) atoms. The molecule has 5 rings (SSSR count). The summed E-state index contributed by atoms with van der Waals surface area (Å²) in [5.74, 6) is 1.55. The largest absolute Gasteiger partial charge is 0.342 e. The molecule has 0 radical (unpaired) electrons. The number of nitrogens with zero attached hydrogens (tertiary/aromatic N) is 4. The highest BCUT2D eigenvalue weighted by atomic mass is 16.2. The van der Waals surface area contributed by atoms with Crippen molar-refractivity contribution in [3.05, 3.63) is 83.9 Å². The van der Waals surface area contributed by atoms with Crippen LogP contribution in [0.25, 0.3) is 11.0 Å². The van der Waals surface area contributed by atoms with Crippen LogP contribution in [0.5, 0.6) is 0 Å². The number of aromatic nitrogens is 4. The third-order valence-electron chi connectivity index (χ3n) is 5.80. The summed E-state index contributed by atoms with van der Waals surface area (Å²) in [7, 11) is 0. The Labute approximate surface area is 175 Å². The van der Waals surface area contributed by atoms with E-state index in [9.17, 15) is 4.79 Å². The zero-order chi connectivity index (χ0) is 20.3. The first-order valence-electron chi connectivity index (χ1n) is 10.5. The first kappa shape index (κ1) is 18.6. The second-order valence-electron chi connectivity index (χ2n) is 8.07. The van der Waals surface area contributed by atoms with Gasteiger partial charge in [0.05, 0.1) is 17.6 Å². The number of piperidine rings is 1. The van der Waals surface area contributed by atoms with Crippen LogP contribution in [0, 0.1) is 5.92 Å². The van der Waals surface area contributed by atoms with Crippen molar-refractivity contribution in [3.8, 4) is 0 Å². The van der Waals surface area contributed by atoms with Crippen LogP contribution in [-0.4, -0.2) is 43.6 Å². The summed E-state index contributed by atoms with van der Waals surface area (Å²) in [4.78, 5) is 23.3. The van der Waals surface area contributed by atoms with Crippen molar-refractivity contribution in [2.45, 2.75) is 25.8 Å². The first-order chi connectivity index (χ1) is 14.7. The van der Waals surface area contributed by atoms with Gasteiger partial charge >= 0.3 is 0 Å². The van der Waals surface area contributed by atoms with Gasteiger partial charge < -0.3 is 9.88 Å². The molecular formula is C24H25N5O. The molecule has 1 aliphatic rings. The molecule has 1 atom stereocenters. The Morgan fingerprint density at radius 1 is 1.13 bits per heavy atom. The molecule has 2 aromatic carbocycles. The average Bonchev–Trinajstić information content (AvgIpc) is 3.43. The van der Waals surface area contributed by atoms with Crippen LogP contribution >= 0.6 is 0 Å². The lowest BCUT2D eigenvalue weighted by Crippen LogP contribution is -2.40. The van der Waals surface area contributed by atoms with Crippen LogP contribution < -0.4 is 0 Å². The summed E-state index contributed by atoms with van der Waals surface area (Å²) in [6.07, 6.45) is 6.73. The molecule has 2 aromatic heterocycles. The van der Waals surface area contributed by atoms with E-state index in [-0.39, 0.29) is 5.91 Å². The van der Waals surface area contributed by atoms with Crippen molar-refractivity contribution in [2.24, 2.45) is 5.92 Å². The number of amides is 1. The Balaban J connectivity index is 1.26. The number of imidazole rings is 1. The predicted molar refractivity (Wildman–Crippen MR) is 116 cm³/mol. The van der Waals surface area contributed by atoms with Crippen LogP contribution in [0.1, 0.15) is 34.6 Å². The van der Waals surface area contributed by atoms with E-state index < -0.39 is 0 Å². The minimum absolute atomic E-state index is 0.117. The zero-order valence-corrected chi connectivity index (χ0v) is 16.9. The summed E-state index contributed by atoms with van der Waals surface area (Å²) in [6, 6.07) is 17.9. The van der Waals surface area contributed by atoms with Crippen molar-refractivity contribution < 1.29 is 4.79 Å². The molecule has 1 N–H and O–H groups in total. The number of H-pyrrole nitrogens is 1. The lowest BCUT2D eigenvalue weighted by atomic mass is 9.94. The predicted octanol–water partition coefficient (Wildman–Crippen LogP) is 3.90. The van der Waals surface area contributed by atoms with Gasteiger partial charge in [0.1, 0.15) is 5.82 Å². The van der Waals surface area contributed by atoms with E-state index in [2.05, 4.69) is 16.1 Å². The van der Waals surface area contributed by atoms with E-state index in [0.29, 0.717) is 12.5 Å². The number of carbonyl (C=O) groups is 1. The fourth-order valence-corrected chi connectivity index (χ4v) is 4.36. The SMILES string of the molecule is O=C(c1cccc(Cn2cccn2)c1)N1CCCC(Cc2nc3ccccc3[nH]2)C1. The zero-order valence-electron chi connectivity index (χ0n) is 16.9. The normalized spacial score (nSPS) is 16.8. The summed E-state index contributed by atoms with van der Waals surface area (Å²) >= 11 is 0. The maximum Gasteiger partial charge on any atom is 0.253 e. The van der Waals surface area contributed by atoms with Gasteiger partial charge in [-0.2, -0.15) is 5.10 Å². The smallest absolute Gasteiger partial charge is 0.253 e. The van der Waals surface area contributed by atoms with Gasteiger partial charge in [-0.1, -0.05) is 24.3 Å². The number of nitrogens with one attached hydrogen (secondary N) is 1. The van der Waals surface area contributed by atoms with Crippen LogP contribution in [0.2, 0.25) is 0 Å². The number of carbonyl (C=O) groups excluding carboxylic acids is 1. The molecule has 1 saturated heterocycles. The molecule has 1 unspecified atom stereocenters. The van der Waals surface area contributed by atoms with E-state index in [1.807, 2.05) is 64.3 Å². The maximum absolute atomic E-state index is 13.2. The first-order valence-corrected chi connectivity index (χ1v) is 10.5. The fourth-order valence-electron chi connectivity index (χ4n) is 4.36. The molecule has 152 valence electrons. The lowest BCUT2D eigenvalue weighted by Gasteiger charge is -2.32. The van der Waals surface area contributed by atoms with E-state index in [0.717, 1.165) is 60.3 Å². The average molecular weight is 399 g/mol. The topological polar surface area (TPSA) is 66.8 Å². The van der Waals surface area contributed by atoms with E-state index in [4.69, 9.17) is 4.98 Å². The van der Waals surface area contributed by atoms with E-state index in [1.54, 1.807) is 6.20 Å². The summed E-state index contributed by atoms with van der Waals surface area (Å²) in [5.41, 5.74) is 3.92. The summed E-state index contributed by atoms with van der Waals surface area (Å²) in [5, 5.41) is 4.25. The molecule has 0 spiro atoms. The van der Waals surface area contributed by atoms with Gasteiger partial charge in [-0.05, 0) is 54.7 Å². The standard InChI is InChI=1S/C24H25N5O/c30-24(20-8-3-6-18(14-20)17-29-13-5-11-25-29)28-12-4-7-19(16-28)15-23-26-21-9-1-2-10-22(21)27-23/h1-3,5-6,8-11,13-14,19H,4,7,12,15-17H2,(H,26,27). The minimum atomic E-state index is 0.117. The van der Waals surface area contributed by atoms with Crippen molar-refractivity contribution in [1.82, 2.24) is 24.6 Å². The van der Waals surface area contributed by atoms with Gasteiger partial charge in [-0.3, -0.25) is 9.48 Å². The Morgan fingerprint density at radius 2 is 2.07 bits per heavy atom. The van der Waals surface area contributed by atoms with Crippen molar-refractivity contribution in [1.29, 1.82) is 0 Å². The number of hydrogen-bond donors (Lipinski definition) is 1. The molecule has 0 aliphatic carbocycles. The Hall–Kier alpha value is -3.41. The Kier molecular flexibility index (Phi) is 5.05. The van der Waals surface area contributed by atoms with Crippen LogP contribution in [-0.2, 0) is 13.0 Å².